The summed E-state index contributed by atoms with van der Waals surface area (Å²) in [7, 11) is 0. The van der Waals surface area contributed by atoms with Gasteiger partial charge in [0.2, 0.25) is 0 Å². The van der Waals surface area contributed by atoms with Crippen LogP contribution in [0.2, 0.25) is 0 Å². The van der Waals surface area contributed by atoms with E-state index in [0.717, 1.165) is 5.82 Å². The van der Waals surface area contributed by atoms with Gasteiger partial charge in [0.1, 0.15) is 5.82 Å². The van der Waals surface area contributed by atoms with E-state index in [-0.39, 0.29) is 24.0 Å². The van der Waals surface area contributed by atoms with Crippen molar-refractivity contribution in [1.82, 2.24) is 4.98 Å². The Balaban J connectivity index is 2.69. The first kappa shape index (κ1) is 14.0. The quantitative estimate of drug-likeness (QED) is 0.845. The maximum Gasteiger partial charge on any atom is 0.126 e. The SMILES string of the molecule is CC(CO)C(C)Nc1ccc(C(C)(C)C)cn1. The smallest absolute Gasteiger partial charge is 0.126 e. The summed E-state index contributed by atoms with van der Waals surface area (Å²) in [6.45, 7) is 10.8. The van der Waals surface area contributed by atoms with E-state index < -0.39 is 0 Å². The summed E-state index contributed by atoms with van der Waals surface area (Å²) in [4.78, 5) is 4.41. The molecule has 0 fully saturated rings. The minimum Gasteiger partial charge on any atom is -0.396 e. The third kappa shape index (κ3) is 4.00. The number of aliphatic hydroxyl groups excluding tert-OH is 1. The van der Waals surface area contributed by atoms with E-state index >= 15 is 0 Å². The van der Waals surface area contributed by atoms with E-state index in [1.54, 1.807) is 0 Å². The van der Waals surface area contributed by atoms with Crippen LogP contribution in [0.25, 0.3) is 0 Å². The summed E-state index contributed by atoms with van der Waals surface area (Å²) in [6, 6.07) is 4.32. The number of aliphatic hydroxyl groups is 1. The Bertz CT molecular complexity index is 340. The normalized spacial score (nSPS) is 15.4. The Labute approximate surface area is 104 Å². The van der Waals surface area contributed by atoms with Gasteiger partial charge in [-0.1, -0.05) is 33.8 Å². The number of rotatable bonds is 4. The second-order valence-electron chi connectivity index (χ2n) is 5.77. The molecular weight excluding hydrogens is 212 g/mol. The monoisotopic (exact) mass is 236 g/mol. The lowest BCUT2D eigenvalue weighted by atomic mass is 9.88. The van der Waals surface area contributed by atoms with Crippen LogP contribution in [0.3, 0.4) is 0 Å². The highest BCUT2D eigenvalue weighted by molar-refractivity contribution is 5.38. The van der Waals surface area contributed by atoms with Crippen LogP contribution >= 0.6 is 0 Å². The molecule has 0 spiro atoms. The standard InChI is InChI=1S/C14H24N2O/c1-10(9-17)11(2)16-13-7-6-12(8-15-13)14(3,4)5/h6-8,10-11,17H,9H2,1-5H3,(H,15,16). The van der Waals surface area contributed by atoms with Gasteiger partial charge < -0.3 is 10.4 Å². The molecule has 0 aromatic carbocycles. The van der Waals surface area contributed by atoms with Gasteiger partial charge in [-0.15, -0.1) is 0 Å². The van der Waals surface area contributed by atoms with E-state index in [0.29, 0.717) is 0 Å². The average Bonchev–Trinajstić information content (AvgIpc) is 2.27. The Morgan fingerprint density at radius 1 is 1.29 bits per heavy atom. The molecule has 3 heteroatoms. The lowest BCUT2D eigenvalue weighted by Crippen LogP contribution is -2.26. The predicted molar refractivity (Wildman–Crippen MR) is 72.3 cm³/mol. The molecule has 1 heterocycles. The number of nitrogens with zero attached hydrogens (tertiary/aromatic N) is 1. The Hall–Kier alpha value is -1.09. The van der Waals surface area contributed by atoms with E-state index in [1.165, 1.54) is 5.56 Å². The van der Waals surface area contributed by atoms with E-state index in [9.17, 15) is 0 Å². The van der Waals surface area contributed by atoms with E-state index in [4.69, 9.17) is 5.11 Å². The molecule has 0 aliphatic rings. The van der Waals surface area contributed by atoms with Gasteiger partial charge in [-0.05, 0) is 29.9 Å². The highest BCUT2D eigenvalue weighted by Gasteiger charge is 2.15. The molecule has 0 aliphatic heterocycles. The van der Waals surface area contributed by atoms with Gasteiger partial charge in [0, 0.05) is 18.8 Å². The fourth-order valence-electron chi connectivity index (χ4n) is 1.46. The molecule has 0 amide bonds. The highest BCUT2D eigenvalue weighted by Crippen LogP contribution is 2.22. The largest absolute Gasteiger partial charge is 0.396 e. The first-order valence-corrected chi connectivity index (χ1v) is 6.18. The van der Waals surface area contributed by atoms with Gasteiger partial charge in [0.05, 0.1) is 0 Å². The van der Waals surface area contributed by atoms with Gasteiger partial charge in [-0.2, -0.15) is 0 Å². The fourth-order valence-corrected chi connectivity index (χ4v) is 1.46. The molecule has 1 aromatic heterocycles. The molecule has 1 rings (SSSR count). The molecule has 1 aromatic rings. The molecule has 2 atom stereocenters. The second-order valence-corrected chi connectivity index (χ2v) is 5.77. The van der Waals surface area contributed by atoms with Crippen LogP contribution < -0.4 is 5.32 Å². The number of nitrogens with one attached hydrogen (secondary N) is 1. The van der Waals surface area contributed by atoms with Crippen molar-refractivity contribution in [2.45, 2.75) is 46.1 Å². The van der Waals surface area contributed by atoms with Gasteiger partial charge in [-0.3, -0.25) is 0 Å². The Morgan fingerprint density at radius 2 is 1.94 bits per heavy atom. The Morgan fingerprint density at radius 3 is 2.35 bits per heavy atom. The van der Waals surface area contributed by atoms with Crippen LogP contribution in [0.1, 0.15) is 40.2 Å². The predicted octanol–water partition coefficient (Wildman–Crippen LogP) is 2.81. The summed E-state index contributed by atoms with van der Waals surface area (Å²) in [5, 5.41) is 12.4. The maximum atomic E-state index is 9.07. The van der Waals surface area contributed by atoms with Crippen molar-refractivity contribution in [3.8, 4) is 0 Å². The lowest BCUT2D eigenvalue weighted by Gasteiger charge is -2.21. The van der Waals surface area contributed by atoms with Gasteiger partial charge in [-0.25, -0.2) is 4.98 Å². The van der Waals surface area contributed by atoms with Crippen LogP contribution in [-0.2, 0) is 5.41 Å². The van der Waals surface area contributed by atoms with Crippen molar-refractivity contribution < 1.29 is 5.11 Å². The summed E-state index contributed by atoms with van der Waals surface area (Å²) in [5.74, 6) is 1.09. The molecular formula is C14H24N2O. The zero-order valence-electron chi connectivity index (χ0n) is 11.5. The van der Waals surface area contributed by atoms with Crippen molar-refractivity contribution in [2.24, 2.45) is 5.92 Å². The van der Waals surface area contributed by atoms with Crippen molar-refractivity contribution in [3.05, 3.63) is 23.9 Å². The summed E-state index contributed by atoms with van der Waals surface area (Å²) >= 11 is 0. The van der Waals surface area contributed by atoms with Crippen molar-refractivity contribution in [1.29, 1.82) is 0 Å². The molecule has 0 aliphatic carbocycles. The van der Waals surface area contributed by atoms with E-state index in [2.05, 4.69) is 44.1 Å². The number of anilines is 1. The molecule has 2 unspecified atom stereocenters. The van der Waals surface area contributed by atoms with Crippen molar-refractivity contribution >= 4 is 5.82 Å². The van der Waals surface area contributed by atoms with Crippen LogP contribution in [0.5, 0.6) is 0 Å². The summed E-state index contributed by atoms with van der Waals surface area (Å²) in [5.41, 5.74) is 1.36. The zero-order chi connectivity index (χ0) is 13.1. The van der Waals surface area contributed by atoms with Crippen LogP contribution in [0, 0.1) is 5.92 Å². The van der Waals surface area contributed by atoms with E-state index in [1.807, 2.05) is 19.2 Å². The molecule has 3 nitrogen and oxygen atoms in total. The molecule has 96 valence electrons. The maximum absolute atomic E-state index is 9.07. The minimum absolute atomic E-state index is 0.134. The molecule has 0 radical (unpaired) electrons. The molecule has 0 bridgehead atoms. The third-order valence-electron chi connectivity index (χ3n) is 3.15. The lowest BCUT2D eigenvalue weighted by molar-refractivity contribution is 0.226. The Kier molecular flexibility index (Phi) is 4.52. The number of hydrogen-bond acceptors (Lipinski definition) is 3. The molecule has 2 N–H and O–H groups in total. The topological polar surface area (TPSA) is 45.1 Å². The van der Waals surface area contributed by atoms with Crippen LogP contribution in [0.15, 0.2) is 18.3 Å². The third-order valence-corrected chi connectivity index (χ3v) is 3.15. The van der Waals surface area contributed by atoms with Crippen molar-refractivity contribution in [2.75, 3.05) is 11.9 Å². The van der Waals surface area contributed by atoms with Crippen molar-refractivity contribution in [3.63, 3.8) is 0 Å². The average molecular weight is 236 g/mol. The number of pyridine rings is 1. The first-order valence-electron chi connectivity index (χ1n) is 6.18. The highest BCUT2D eigenvalue weighted by atomic mass is 16.3. The fraction of sp³-hybridized carbons (Fsp3) is 0.643. The second kappa shape index (κ2) is 5.50. The minimum atomic E-state index is 0.134. The number of aromatic nitrogens is 1. The van der Waals surface area contributed by atoms with Gasteiger partial charge in [0.15, 0.2) is 0 Å². The summed E-state index contributed by atoms with van der Waals surface area (Å²) in [6.07, 6.45) is 1.92. The number of hydrogen-bond donors (Lipinski definition) is 2. The van der Waals surface area contributed by atoms with Gasteiger partial charge >= 0.3 is 0 Å². The van der Waals surface area contributed by atoms with Crippen LogP contribution in [0.4, 0.5) is 5.82 Å². The van der Waals surface area contributed by atoms with Crippen LogP contribution in [-0.4, -0.2) is 22.7 Å². The molecule has 17 heavy (non-hydrogen) atoms. The van der Waals surface area contributed by atoms with Gasteiger partial charge in [0.25, 0.3) is 0 Å². The molecule has 0 saturated carbocycles. The first-order chi connectivity index (χ1) is 7.84. The zero-order valence-corrected chi connectivity index (χ0v) is 11.5. The molecule has 0 saturated heterocycles. The summed E-state index contributed by atoms with van der Waals surface area (Å²) < 4.78 is 0.